The van der Waals surface area contributed by atoms with Crippen molar-refractivity contribution in [3.63, 3.8) is 0 Å². The Hall–Kier alpha value is -2.50. The van der Waals surface area contributed by atoms with E-state index in [0.29, 0.717) is 11.1 Å². The van der Waals surface area contributed by atoms with E-state index in [1.54, 1.807) is 6.07 Å². The standard InChI is InChI=1S/C15H12F3NO2/c1-21-14(20)12-8-10(4-7-13(12)19)9-2-5-11(6-3-9)15(16,17)18/h2-8H,19H2,1H3. The molecular formula is C15H12F3NO2. The molecule has 3 nitrogen and oxygen atoms in total. The third-order valence-corrected chi connectivity index (χ3v) is 3.00. The second-order valence-electron chi connectivity index (χ2n) is 4.37. The van der Waals surface area contributed by atoms with Crippen LogP contribution in [0.5, 0.6) is 0 Å². The maximum Gasteiger partial charge on any atom is 0.416 e. The molecule has 0 aliphatic rings. The number of ether oxygens (including phenoxy) is 1. The summed E-state index contributed by atoms with van der Waals surface area (Å²) < 4.78 is 42.1. The molecule has 0 aromatic heterocycles. The van der Waals surface area contributed by atoms with E-state index in [2.05, 4.69) is 4.74 Å². The van der Waals surface area contributed by atoms with Gasteiger partial charge in [-0.05, 0) is 35.4 Å². The minimum absolute atomic E-state index is 0.176. The third-order valence-electron chi connectivity index (χ3n) is 3.00. The Kier molecular flexibility index (Phi) is 3.88. The number of hydrogen-bond donors (Lipinski definition) is 1. The number of hydrogen-bond acceptors (Lipinski definition) is 3. The molecule has 21 heavy (non-hydrogen) atoms. The summed E-state index contributed by atoms with van der Waals surface area (Å²) in [5.74, 6) is -0.596. The molecule has 2 rings (SSSR count). The van der Waals surface area contributed by atoms with Gasteiger partial charge < -0.3 is 10.5 Å². The topological polar surface area (TPSA) is 52.3 Å². The summed E-state index contributed by atoms with van der Waals surface area (Å²) in [5.41, 5.74) is 6.50. The number of carbonyl (C=O) groups is 1. The van der Waals surface area contributed by atoms with Gasteiger partial charge in [0.25, 0.3) is 0 Å². The van der Waals surface area contributed by atoms with Crippen molar-refractivity contribution in [2.45, 2.75) is 6.18 Å². The van der Waals surface area contributed by atoms with Crippen molar-refractivity contribution in [3.05, 3.63) is 53.6 Å². The lowest BCUT2D eigenvalue weighted by Gasteiger charge is -2.09. The molecule has 2 aromatic rings. The van der Waals surface area contributed by atoms with Crippen LogP contribution in [0.1, 0.15) is 15.9 Å². The number of nitrogen functional groups attached to an aromatic ring is 1. The second kappa shape index (κ2) is 5.47. The Morgan fingerprint density at radius 3 is 2.14 bits per heavy atom. The number of rotatable bonds is 2. The van der Waals surface area contributed by atoms with Crippen molar-refractivity contribution in [3.8, 4) is 11.1 Å². The van der Waals surface area contributed by atoms with Crippen LogP contribution in [0.15, 0.2) is 42.5 Å². The van der Waals surface area contributed by atoms with Crippen LogP contribution in [0.3, 0.4) is 0 Å². The molecule has 0 aliphatic heterocycles. The summed E-state index contributed by atoms with van der Waals surface area (Å²) in [7, 11) is 1.23. The van der Waals surface area contributed by atoms with Crippen LogP contribution in [-0.2, 0) is 10.9 Å². The highest BCUT2D eigenvalue weighted by Gasteiger charge is 2.30. The van der Waals surface area contributed by atoms with Crippen molar-refractivity contribution in [2.75, 3.05) is 12.8 Å². The first-order valence-corrected chi connectivity index (χ1v) is 5.98. The molecule has 0 unspecified atom stereocenters. The highest BCUT2D eigenvalue weighted by atomic mass is 19.4. The monoisotopic (exact) mass is 295 g/mol. The molecule has 0 radical (unpaired) electrons. The van der Waals surface area contributed by atoms with Gasteiger partial charge in [-0.1, -0.05) is 18.2 Å². The van der Waals surface area contributed by atoms with Gasteiger partial charge in [0.15, 0.2) is 0 Å². The lowest BCUT2D eigenvalue weighted by Crippen LogP contribution is -2.06. The molecule has 6 heteroatoms. The van der Waals surface area contributed by atoms with Gasteiger partial charge in [0.2, 0.25) is 0 Å². The minimum atomic E-state index is -4.38. The molecule has 0 spiro atoms. The normalized spacial score (nSPS) is 11.2. The summed E-state index contributed by atoms with van der Waals surface area (Å²) in [6.45, 7) is 0. The molecule has 110 valence electrons. The van der Waals surface area contributed by atoms with Gasteiger partial charge in [-0.3, -0.25) is 0 Å². The average Bonchev–Trinajstić information content (AvgIpc) is 2.46. The second-order valence-corrected chi connectivity index (χ2v) is 4.37. The largest absolute Gasteiger partial charge is 0.465 e. The maximum atomic E-state index is 12.5. The van der Waals surface area contributed by atoms with Crippen LogP contribution in [0.25, 0.3) is 11.1 Å². The van der Waals surface area contributed by atoms with Crippen LogP contribution < -0.4 is 5.73 Å². The minimum Gasteiger partial charge on any atom is -0.465 e. The van der Waals surface area contributed by atoms with Gasteiger partial charge in [0.05, 0.1) is 18.2 Å². The fraction of sp³-hybridized carbons (Fsp3) is 0.133. The van der Waals surface area contributed by atoms with Gasteiger partial charge in [-0.2, -0.15) is 13.2 Å². The first-order valence-electron chi connectivity index (χ1n) is 5.98. The molecular weight excluding hydrogens is 283 g/mol. The highest BCUT2D eigenvalue weighted by molar-refractivity contribution is 5.96. The summed E-state index contributed by atoms with van der Waals surface area (Å²) in [6, 6.07) is 9.30. The first-order chi connectivity index (χ1) is 9.82. The number of methoxy groups -OCH3 is 1. The molecule has 0 saturated carbocycles. The zero-order chi connectivity index (χ0) is 15.6. The Morgan fingerprint density at radius 1 is 1.05 bits per heavy atom. The van der Waals surface area contributed by atoms with Crippen LogP contribution >= 0.6 is 0 Å². The smallest absolute Gasteiger partial charge is 0.416 e. The summed E-state index contributed by atoms with van der Waals surface area (Å²) in [5, 5.41) is 0. The van der Waals surface area contributed by atoms with Crippen molar-refractivity contribution >= 4 is 11.7 Å². The van der Waals surface area contributed by atoms with E-state index < -0.39 is 17.7 Å². The molecule has 2 aromatic carbocycles. The quantitative estimate of drug-likeness (QED) is 0.678. The number of alkyl halides is 3. The average molecular weight is 295 g/mol. The number of anilines is 1. The van der Waals surface area contributed by atoms with Crippen LogP contribution in [-0.4, -0.2) is 13.1 Å². The predicted molar refractivity (Wildman–Crippen MR) is 72.6 cm³/mol. The number of nitrogens with two attached hydrogens (primary N) is 1. The molecule has 2 N–H and O–H groups in total. The van der Waals surface area contributed by atoms with Gasteiger partial charge >= 0.3 is 12.1 Å². The van der Waals surface area contributed by atoms with E-state index in [4.69, 9.17) is 5.73 Å². The van der Waals surface area contributed by atoms with E-state index in [-0.39, 0.29) is 11.3 Å². The Bertz CT molecular complexity index is 664. The molecule has 0 heterocycles. The lowest BCUT2D eigenvalue weighted by atomic mass is 10.0. The van der Waals surface area contributed by atoms with E-state index in [1.807, 2.05) is 0 Å². The number of carbonyl (C=O) groups excluding carboxylic acids is 1. The van der Waals surface area contributed by atoms with Crippen LogP contribution in [0.2, 0.25) is 0 Å². The summed E-state index contributed by atoms with van der Waals surface area (Å²) in [4.78, 5) is 11.6. The van der Waals surface area contributed by atoms with Crippen molar-refractivity contribution in [1.29, 1.82) is 0 Å². The number of halogens is 3. The van der Waals surface area contributed by atoms with Crippen LogP contribution in [0.4, 0.5) is 18.9 Å². The summed E-state index contributed by atoms with van der Waals surface area (Å²) >= 11 is 0. The van der Waals surface area contributed by atoms with Crippen molar-refractivity contribution < 1.29 is 22.7 Å². The number of esters is 1. The zero-order valence-corrected chi connectivity index (χ0v) is 11.1. The number of benzene rings is 2. The molecule has 0 fully saturated rings. The van der Waals surface area contributed by atoms with Gasteiger partial charge in [-0.15, -0.1) is 0 Å². The van der Waals surface area contributed by atoms with Gasteiger partial charge in [0.1, 0.15) is 0 Å². The van der Waals surface area contributed by atoms with Gasteiger partial charge in [0, 0.05) is 5.69 Å². The molecule has 0 saturated heterocycles. The van der Waals surface area contributed by atoms with E-state index >= 15 is 0 Å². The maximum absolute atomic E-state index is 12.5. The van der Waals surface area contributed by atoms with Crippen molar-refractivity contribution in [1.82, 2.24) is 0 Å². The van der Waals surface area contributed by atoms with Gasteiger partial charge in [-0.25, -0.2) is 4.79 Å². The third kappa shape index (κ3) is 3.16. The Morgan fingerprint density at radius 2 is 1.62 bits per heavy atom. The zero-order valence-electron chi connectivity index (χ0n) is 11.1. The highest BCUT2D eigenvalue weighted by Crippen LogP contribution is 2.31. The molecule has 0 atom stereocenters. The van der Waals surface area contributed by atoms with E-state index in [1.165, 1.54) is 31.4 Å². The molecule has 0 aliphatic carbocycles. The predicted octanol–water partition coefficient (Wildman–Crippen LogP) is 3.74. The van der Waals surface area contributed by atoms with Crippen molar-refractivity contribution in [2.24, 2.45) is 0 Å². The molecule has 0 amide bonds. The summed E-state index contributed by atoms with van der Waals surface area (Å²) in [6.07, 6.45) is -4.38. The van der Waals surface area contributed by atoms with E-state index in [0.717, 1.165) is 12.1 Å². The fourth-order valence-electron chi connectivity index (χ4n) is 1.87. The van der Waals surface area contributed by atoms with E-state index in [9.17, 15) is 18.0 Å². The SMILES string of the molecule is COC(=O)c1cc(-c2ccc(C(F)(F)F)cc2)ccc1N. The lowest BCUT2D eigenvalue weighted by molar-refractivity contribution is -0.137. The van der Waals surface area contributed by atoms with Crippen LogP contribution in [0, 0.1) is 0 Å². The first kappa shape index (κ1) is 14.9. The molecule has 0 bridgehead atoms. The fourth-order valence-corrected chi connectivity index (χ4v) is 1.87. The Labute approximate surface area is 119 Å². The Balaban J connectivity index is 2.41.